The predicted octanol–water partition coefficient (Wildman–Crippen LogP) is 3.37. The number of hydrogen-bond donors (Lipinski definition) is 3. The molecule has 0 saturated carbocycles. The van der Waals surface area contributed by atoms with E-state index in [0.29, 0.717) is 11.4 Å². The van der Waals surface area contributed by atoms with Gasteiger partial charge in [0, 0.05) is 16.3 Å². The molecule has 3 rings (SSSR count). The van der Waals surface area contributed by atoms with Crippen LogP contribution in [-0.4, -0.2) is 11.9 Å². The highest BCUT2D eigenvalue weighted by molar-refractivity contribution is 7.14. The number of aryl methyl sites for hydroxylation is 2. The molecule has 6 heteroatoms. The van der Waals surface area contributed by atoms with Crippen molar-refractivity contribution in [3.05, 3.63) is 45.6 Å². The van der Waals surface area contributed by atoms with E-state index < -0.39 is 6.03 Å². The molecule has 1 aliphatic carbocycles. The molecule has 0 bridgehead atoms. The van der Waals surface area contributed by atoms with Gasteiger partial charge in [-0.2, -0.15) is 0 Å². The standard InChI is InChI=1S/C16H17N3O2S/c17-16(21)19-12-7-5-11(6-8-12)18-15(20)14-9-10-3-1-2-4-13(10)22-14/h5-9H,1-4H2,(H,18,20)(H3,17,19,21). The maximum absolute atomic E-state index is 12.3. The maximum Gasteiger partial charge on any atom is 0.316 e. The quantitative estimate of drug-likeness (QED) is 0.811. The lowest BCUT2D eigenvalue weighted by molar-refractivity contribution is 0.103. The third-order valence-corrected chi connectivity index (χ3v) is 4.87. The van der Waals surface area contributed by atoms with Gasteiger partial charge in [-0.1, -0.05) is 0 Å². The zero-order valence-corrected chi connectivity index (χ0v) is 12.8. The Bertz CT molecular complexity index is 683. The second-order valence-corrected chi connectivity index (χ2v) is 6.42. The topological polar surface area (TPSA) is 84.2 Å². The summed E-state index contributed by atoms with van der Waals surface area (Å²) < 4.78 is 0. The van der Waals surface area contributed by atoms with Crippen molar-refractivity contribution in [1.29, 1.82) is 0 Å². The van der Waals surface area contributed by atoms with Crippen molar-refractivity contribution in [2.24, 2.45) is 5.73 Å². The summed E-state index contributed by atoms with van der Waals surface area (Å²) in [5, 5.41) is 5.35. The highest BCUT2D eigenvalue weighted by atomic mass is 32.1. The van der Waals surface area contributed by atoms with E-state index >= 15 is 0 Å². The minimum absolute atomic E-state index is 0.0880. The molecule has 0 fully saturated rings. The van der Waals surface area contributed by atoms with Crippen LogP contribution in [0.1, 0.15) is 33.0 Å². The molecule has 114 valence electrons. The van der Waals surface area contributed by atoms with Crippen LogP contribution in [0.5, 0.6) is 0 Å². The number of urea groups is 1. The van der Waals surface area contributed by atoms with Crippen molar-refractivity contribution in [1.82, 2.24) is 0 Å². The van der Waals surface area contributed by atoms with Crippen LogP contribution >= 0.6 is 11.3 Å². The molecule has 0 atom stereocenters. The molecule has 3 amide bonds. The van der Waals surface area contributed by atoms with Crippen LogP contribution in [0.25, 0.3) is 0 Å². The van der Waals surface area contributed by atoms with Gasteiger partial charge in [-0.3, -0.25) is 4.79 Å². The van der Waals surface area contributed by atoms with Crippen LogP contribution in [0.3, 0.4) is 0 Å². The number of nitrogens with two attached hydrogens (primary N) is 1. The highest BCUT2D eigenvalue weighted by Gasteiger charge is 2.17. The molecule has 4 N–H and O–H groups in total. The third kappa shape index (κ3) is 3.28. The van der Waals surface area contributed by atoms with E-state index in [2.05, 4.69) is 10.6 Å². The number of anilines is 2. The number of benzene rings is 1. The van der Waals surface area contributed by atoms with Crippen molar-refractivity contribution in [3.8, 4) is 0 Å². The molecule has 22 heavy (non-hydrogen) atoms. The Hall–Kier alpha value is -2.34. The minimum Gasteiger partial charge on any atom is -0.351 e. The Morgan fingerprint density at radius 3 is 2.27 bits per heavy atom. The second kappa shape index (κ2) is 6.19. The van der Waals surface area contributed by atoms with Gasteiger partial charge in [0.15, 0.2) is 0 Å². The largest absolute Gasteiger partial charge is 0.351 e. The summed E-state index contributed by atoms with van der Waals surface area (Å²) >= 11 is 1.59. The molecule has 1 aromatic heterocycles. The second-order valence-electron chi connectivity index (χ2n) is 5.29. The first-order chi connectivity index (χ1) is 10.6. The number of hydrogen-bond acceptors (Lipinski definition) is 3. The van der Waals surface area contributed by atoms with Crippen LogP contribution in [0.15, 0.2) is 30.3 Å². The lowest BCUT2D eigenvalue weighted by Gasteiger charge is -2.08. The molecular formula is C16H17N3O2S. The van der Waals surface area contributed by atoms with E-state index in [-0.39, 0.29) is 5.91 Å². The normalized spacial score (nSPS) is 13.3. The van der Waals surface area contributed by atoms with Crippen LogP contribution < -0.4 is 16.4 Å². The van der Waals surface area contributed by atoms with E-state index in [9.17, 15) is 9.59 Å². The molecule has 5 nitrogen and oxygen atoms in total. The van der Waals surface area contributed by atoms with Crippen LogP contribution in [-0.2, 0) is 12.8 Å². The Balaban J connectivity index is 1.68. The van der Waals surface area contributed by atoms with Crippen LogP contribution in [0.4, 0.5) is 16.2 Å². The average Bonchev–Trinajstić information content (AvgIpc) is 2.93. The van der Waals surface area contributed by atoms with E-state index in [0.717, 1.165) is 17.7 Å². The molecule has 1 aromatic carbocycles. The molecular weight excluding hydrogens is 298 g/mol. The Morgan fingerprint density at radius 1 is 1.00 bits per heavy atom. The van der Waals surface area contributed by atoms with Gasteiger partial charge in [-0.25, -0.2) is 4.79 Å². The number of carbonyl (C=O) groups excluding carboxylic acids is 2. The summed E-state index contributed by atoms with van der Waals surface area (Å²) in [4.78, 5) is 25.2. The minimum atomic E-state index is -0.610. The summed E-state index contributed by atoms with van der Waals surface area (Å²) in [6.45, 7) is 0. The molecule has 0 spiro atoms. The summed E-state index contributed by atoms with van der Waals surface area (Å²) in [6.07, 6.45) is 4.58. The number of primary amides is 1. The van der Waals surface area contributed by atoms with Crippen molar-refractivity contribution in [2.45, 2.75) is 25.7 Å². The van der Waals surface area contributed by atoms with Crippen molar-refractivity contribution in [2.75, 3.05) is 10.6 Å². The van der Waals surface area contributed by atoms with Crippen molar-refractivity contribution in [3.63, 3.8) is 0 Å². The van der Waals surface area contributed by atoms with E-state index in [1.807, 2.05) is 6.07 Å². The number of fused-ring (bicyclic) bond motifs is 1. The van der Waals surface area contributed by atoms with E-state index in [4.69, 9.17) is 5.73 Å². The molecule has 0 unspecified atom stereocenters. The van der Waals surface area contributed by atoms with Gasteiger partial charge < -0.3 is 16.4 Å². The van der Waals surface area contributed by atoms with Crippen molar-refractivity contribution < 1.29 is 9.59 Å². The fourth-order valence-electron chi connectivity index (χ4n) is 2.57. The zero-order chi connectivity index (χ0) is 15.5. The lowest BCUT2D eigenvalue weighted by atomic mass is 9.99. The molecule has 0 aliphatic heterocycles. The number of carbonyl (C=O) groups is 2. The first-order valence-electron chi connectivity index (χ1n) is 7.21. The fraction of sp³-hybridized carbons (Fsp3) is 0.250. The maximum atomic E-state index is 12.3. The molecule has 1 heterocycles. The van der Waals surface area contributed by atoms with Gasteiger partial charge in [-0.05, 0) is 61.6 Å². The van der Waals surface area contributed by atoms with E-state index in [1.165, 1.54) is 23.3 Å². The molecule has 0 radical (unpaired) electrons. The summed E-state index contributed by atoms with van der Waals surface area (Å²) in [5.41, 5.74) is 7.65. The Labute approximate surface area is 132 Å². The van der Waals surface area contributed by atoms with Gasteiger partial charge in [0.1, 0.15) is 0 Å². The first kappa shape index (κ1) is 14.6. The number of nitrogens with one attached hydrogen (secondary N) is 2. The Kier molecular flexibility index (Phi) is 4.11. The average molecular weight is 315 g/mol. The van der Waals surface area contributed by atoms with Crippen LogP contribution in [0.2, 0.25) is 0 Å². The Morgan fingerprint density at radius 2 is 1.64 bits per heavy atom. The summed E-state index contributed by atoms with van der Waals surface area (Å²) in [6, 6.07) is 8.26. The summed E-state index contributed by atoms with van der Waals surface area (Å²) in [7, 11) is 0. The predicted molar refractivity (Wildman–Crippen MR) is 88.6 cm³/mol. The summed E-state index contributed by atoms with van der Waals surface area (Å²) in [5.74, 6) is -0.0880. The van der Waals surface area contributed by atoms with Crippen LogP contribution in [0, 0.1) is 0 Å². The number of amides is 3. The fourth-order valence-corrected chi connectivity index (χ4v) is 3.72. The van der Waals surface area contributed by atoms with Gasteiger partial charge in [0.25, 0.3) is 5.91 Å². The first-order valence-corrected chi connectivity index (χ1v) is 8.03. The molecule has 0 saturated heterocycles. The smallest absolute Gasteiger partial charge is 0.316 e. The SMILES string of the molecule is NC(=O)Nc1ccc(NC(=O)c2cc3c(s2)CCCC3)cc1. The van der Waals surface area contributed by atoms with Gasteiger partial charge in [-0.15, -0.1) is 11.3 Å². The van der Waals surface area contributed by atoms with E-state index in [1.54, 1.807) is 35.6 Å². The molecule has 2 aromatic rings. The van der Waals surface area contributed by atoms with Gasteiger partial charge in [0.2, 0.25) is 0 Å². The number of rotatable bonds is 3. The molecule has 1 aliphatic rings. The lowest BCUT2D eigenvalue weighted by Crippen LogP contribution is -2.19. The third-order valence-electron chi connectivity index (χ3n) is 3.63. The van der Waals surface area contributed by atoms with Gasteiger partial charge in [0.05, 0.1) is 4.88 Å². The van der Waals surface area contributed by atoms with Gasteiger partial charge >= 0.3 is 6.03 Å². The van der Waals surface area contributed by atoms with Crippen molar-refractivity contribution >= 4 is 34.6 Å². The highest BCUT2D eigenvalue weighted by Crippen LogP contribution is 2.30. The zero-order valence-electron chi connectivity index (χ0n) is 12.0. The number of thiophene rings is 1. The monoisotopic (exact) mass is 315 g/mol.